The maximum Gasteiger partial charge on any atom is 0.222 e. The summed E-state index contributed by atoms with van der Waals surface area (Å²) in [6, 6.07) is 0. The average Bonchev–Trinajstić information content (AvgIpc) is 2.47. The number of nitrogens with zero attached hydrogens (tertiary/aromatic N) is 2. The number of rotatable bonds is 5. The van der Waals surface area contributed by atoms with Gasteiger partial charge in [-0.2, -0.15) is 0 Å². The van der Waals surface area contributed by atoms with Crippen molar-refractivity contribution in [3.63, 3.8) is 0 Å². The number of hydrogen-bond donors (Lipinski definition) is 0. The Bertz CT molecular complexity index is 337. The topological polar surface area (TPSA) is 32.8 Å². The molecule has 2 rings (SSSR count). The highest BCUT2D eigenvalue weighted by molar-refractivity contribution is 5.76. The summed E-state index contributed by atoms with van der Waals surface area (Å²) in [5.41, 5.74) is 0.336. The zero-order valence-corrected chi connectivity index (χ0v) is 14.8. The van der Waals surface area contributed by atoms with Crippen molar-refractivity contribution in [2.45, 2.75) is 52.9 Å². The number of carbonyl (C=O) groups excluding carboxylic acids is 1. The molecule has 0 aromatic rings. The van der Waals surface area contributed by atoms with Crippen LogP contribution < -0.4 is 0 Å². The molecule has 1 amide bonds. The van der Waals surface area contributed by atoms with Crippen molar-refractivity contribution < 1.29 is 9.53 Å². The lowest BCUT2D eigenvalue weighted by Crippen LogP contribution is -2.50. The number of carbonyl (C=O) groups is 1. The molecule has 2 aliphatic rings. The molecule has 2 saturated heterocycles. The summed E-state index contributed by atoms with van der Waals surface area (Å²) < 4.78 is 5.43. The highest BCUT2D eigenvalue weighted by Gasteiger charge is 2.24. The molecule has 4 nitrogen and oxygen atoms in total. The number of amides is 1. The van der Waals surface area contributed by atoms with Crippen LogP contribution in [-0.4, -0.2) is 61.6 Å². The van der Waals surface area contributed by atoms with Crippen molar-refractivity contribution in [3.05, 3.63) is 0 Å². The summed E-state index contributed by atoms with van der Waals surface area (Å²) in [6.45, 7) is 13.7. The van der Waals surface area contributed by atoms with Gasteiger partial charge in [0.05, 0.1) is 0 Å². The predicted octanol–water partition coefficient (Wildman–Crippen LogP) is 2.77. The molecule has 0 N–H and O–H groups in total. The van der Waals surface area contributed by atoms with Crippen LogP contribution in [0.1, 0.15) is 52.9 Å². The molecule has 0 aromatic heterocycles. The minimum absolute atomic E-state index is 0.336. The zero-order valence-electron chi connectivity index (χ0n) is 14.8. The maximum atomic E-state index is 12.3. The molecule has 0 bridgehead atoms. The van der Waals surface area contributed by atoms with E-state index in [1.807, 2.05) is 0 Å². The van der Waals surface area contributed by atoms with E-state index in [0.717, 1.165) is 64.6 Å². The fourth-order valence-electron chi connectivity index (χ4n) is 3.40. The molecule has 2 heterocycles. The number of ether oxygens (including phenoxy) is 1. The molecule has 0 radical (unpaired) electrons. The van der Waals surface area contributed by atoms with Gasteiger partial charge in [0.1, 0.15) is 0 Å². The van der Waals surface area contributed by atoms with Gasteiger partial charge < -0.3 is 9.64 Å². The SMILES string of the molecule is CC(C)(C)CCCC(=O)N1CCN(CC2CCOCC2)CC1. The van der Waals surface area contributed by atoms with E-state index in [4.69, 9.17) is 4.74 Å². The Morgan fingerprint density at radius 1 is 1.09 bits per heavy atom. The minimum atomic E-state index is 0.336. The number of piperazine rings is 1. The average molecular weight is 310 g/mol. The molecule has 0 spiro atoms. The van der Waals surface area contributed by atoms with Gasteiger partial charge in [-0.3, -0.25) is 9.69 Å². The highest BCUT2D eigenvalue weighted by Crippen LogP contribution is 2.22. The van der Waals surface area contributed by atoms with E-state index in [2.05, 4.69) is 30.6 Å². The maximum absolute atomic E-state index is 12.3. The largest absolute Gasteiger partial charge is 0.381 e. The molecule has 0 unspecified atom stereocenters. The summed E-state index contributed by atoms with van der Waals surface area (Å²) >= 11 is 0. The molecule has 0 aromatic carbocycles. The third-order valence-electron chi connectivity index (χ3n) is 4.90. The fourth-order valence-corrected chi connectivity index (χ4v) is 3.40. The second kappa shape index (κ2) is 8.30. The number of hydrogen-bond acceptors (Lipinski definition) is 3. The molecular formula is C18H34N2O2. The molecule has 2 fully saturated rings. The standard InChI is InChI=1S/C18H34N2O2/c1-18(2,3)8-4-5-17(21)20-11-9-19(10-12-20)15-16-6-13-22-14-7-16/h16H,4-15H2,1-3H3. The fraction of sp³-hybridized carbons (Fsp3) is 0.944. The Balaban J connectivity index is 1.62. The molecule has 0 aliphatic carbocycles. The van der Waals surface area contributed by atoms with Gasteiger partial charge in [-0.15, -0.1) is 0 Å². The summed E-state index contributed by atoms with van der Waals surface area (Å²) in [5, 5.41) is 0. The Morgan fingerprint density at radius 2 is 1.73 bits per heavy atom. The van der Waals surface area contributed by atoms with Crippen LogP contribution in [0.25, 0.3) is 0 Å². The van der Waals surface area contributed by atoms with Crippen molar-refractivity contribution in [3.8, 4) is 0 Å². The quantitative estimate of drug-likeness (QED) is 0.783. The Hall–Kier alpha value is -0.610. The van der Waals surface area contributed by atoms with Gasteiger partial charge in [0.2, 0.25) is 5.91 Å². The monoisotopic (exact) mass is 310 g/mol. The lowest BCUT2D eigenvalue weighted by Gasteiger charge is -2.37. The van der Waals surface area contributed by atoms with Gasteiger partial charge in [0.25, 0.3) is 0 Å². The van der Waals surface area contributed by atoms with Crippen LogP contribution in [0.3, 0.4) is 0 Å². The smallest absolute Gasteiger partial charge is 0.222 e. The third kappa shape index (κ3) is 6.25. The first-order chi connectivity index (χ1) is 10.4. The van der Waals surface area contributed by atoms with Crippen LogP contribution in [-0.2, 0) is 9.53 Å². The molecule has 0 atom stereocenters. The van der Waals surface area contributed by atoms with E-state index < -0.39 is 0 Å². The molecule has 0 saturated carbocycles. The molecule has 2 aliphatic heterocycles. The van der Waals surface area contributed by atoms with Gasteiger partial charge >= 0.3 is 0 Å². The van der Waals surface area contributed by atoms with Gasteiger partial charge in [0.15, 0.2) is 0 Å². The minimum Gasteiger partial charge on any atom is -0.381 e. The van der Waals surface area contributed by atoms with Gasteiger partial charge in [-0.05, 0) is 37.0 Å². The van der Waals surface area contributed by atoms with E-state index in [1.54, 1.807) is 0 Å². The predicted molar refractivity (Wildman–Crippen MR) is 89.9 cm³/mol. The molecule has 22 heavy (non-hydrogen) atoms. The lowest BCUT2D eigenvalue weighted by molar-refractivity contribution is -0.133. The molecular weight excluding hydrogens is 276 g/mol. The Morgan fingerprint density at radius 3 is 2.32 bits per heavy atom. The second-order valence-corrected chi connectivity index (χ2v) is 8.15. The first kappa shape index (κ1) is 17.7. The zero-order chi connectivity index (χ0) is 16.0. The van der Waals surface area contributed by atoms with Gasteiger partial charge in [0, 0.05) is 52.4 Å². The van der Waals surface area contributed by atoms with Crippen molar-refractivity contribution in [1.29, 1.82) is 0 Å². The molecule has 128 valence electrons. The Labute approximate surface area is 136 Å². The highest BCUT2D eigenvalue weighted by atomic mass is 16.5. The summed E-state index contributed by atoms with van der Waals surface area (Å²) in [6.07, 6.45) is 5.27. The van der Waals surface area contributed by atoms with Crippen LogP contribution >= 0.6 is 0 Å². The first-order valence-corrected chi connectivity index (χ1v) is 9.02. The van der Waals surface area contributed by atoms with Crippen LogP contribution in [0.4, 0.5) is 0 Å². The van der Waals surface area contributed by atoms with Crippen LogP contribution in [0.15, 0.2) is 0 Å². The van der Waals surface area contributed by atoms with E-state index in [1.165, 1.54) is 19.4 Å². The first-order valence-electron chi connectivity index (χ1n) is 9.02. The summed E-state index contributed by atoms with van der Waals surface area (Å²) in [4.78, 5) is 16.9. The van der Waals surface area contributed by atoms with Crippen LogP contribution in [0.2, 0.25) is 0 Å². The van der Waals surface area contributed by atoms with E-state index in [9.17, 15) is 4.79 Å². The third-order valence-corrected chi connectivity index (χ3v) is 4.90. The van der Waals surface area contributed by atoms with E-state index in [0.29, 0.717) is 11.3 Å². The normalized spacial score (nSPS) is 22.0. The van der Waals surface area contributed by atoms with E-state index >= 15 is 0 Å². The van der Waals surface area contributed by atoms with Crippen molar-refractivity contribution in [2.24, 2.45) is 11.3 Å². The van der Waals surface area contributed by atoms with Crippen molar-refractivity contribution >= 4 is 5.91 Å². The van der Waals surface area contributed by atoms with Crippen LogP contribution in [0.5, 0.6) is 0 Å². The van der Waals surface area contributed by atoms with Gasteiger partial charge in [-0.1, -0.05) is 20.8 Å². The summed E-state index contributed by atoms with van der Waals surface area (Å²) in [7, 11) is 0. The van der Waals surface area contributed by atoms with Crippen LogP contribution in [0, 0.1) is 11.3 Å². The summed E-state index contributed by atoms with van der Waals surface area (Å²) in [5.74, 6) is 1.15. The Kier molecular flexibility index (Phi) is 6.69. The van der Waals surface area contributed by atoms with Crippen molar-refractivity contribution in [2.75, 3.05) is 45.9 Å². The van der Waals surface area contributed by atoms with Gasteiger partial charge in [-0.25, -0.2) is 0 Å². The molecule has 4 heteroatoms. The van der Waals surface area contributed by atoms with E-state index in [-0.39, 0.29) is 0 Å². The lowest BCUT2D eigenvalue weighted by atomic mass is 9.90. The van der Waals surface area contributed by atoms with Crippen molar-refractivity contribution in [1.82, 2.24) is 9.80 Å². The second-order valence-electron chi connectivity index (χ2n) is 8.15.